The van der Waals surface area contributed by atoms with Gasteiger partial charge in [0.2, 0.25) is 0 Å². The maximum atomic E-state index is 8.82. The summed E-state index contributed by atoms with van der Waals surface area (Å²) in [6, 6.07) is 0. The largest absolute Gasteiger partial charge is 0.395 e. The first-order chi connectivity index (χ1) is 7.38. The molecular formula is C10H18N4O. The average Bonchev–Trinajstić information content (AvgIpc) is 2.74. The standard InChI is InChI=1S/C10H18N4O/c15-6-5-13-1-3-14(4-2-13)8-10-7-11-9-12-10/h7,9,15H,1-6,8H2,(H,11,12). The number of aliphatic hydroxyl groups excluding tert-OH is 1. The van der Waals surface area contributed by atoms with E-state index in [2.05, 4.69) is 19.8 Å². The van der Waals surface area contributed by atoms with Crippen LogP contribution in [0.1, 0.15) is 5.69 Å². The van der Waals surface area contributed by atoms with Crippen LogP contribution >= 0.6 is 0 Å². The van der Waals surface area contributed by atoms with Crippen LogP contribution in [0.3, 0.4) is 0 Å². The van der Waals surface area contributed by atoms with Crippen LogP contribution < -0.4 is 0 Å². The molecule has 0 aliphatic carbocycles. The van der Waals surface area contributed by atoms with Gasteiger partial charge >= 0.3 is 0 Å². The van der Waals surface area contributed by atoms with Crippen molar-refractivity contribution in [1.29, 1.82) is 0 Å². The van der Waals surface area contributed by atoms with E-state index in [-0.39, 0.29) is 6.61 Å². The molecule has 84 valence electrons. The third-order valence-electron chi connectivity index (χ3n) is 2.83. The molecule has 0 aromatic carbocycles. The molecule has 1 aromatic rings. The number of aromatic nitrogens is 2. The van der Waals surface area contributed by atoms with E-state index in [0.717, 1.165) is 39.3 Å². The first-order valence-corrected chi connectivity index (χ1v) is 5.41. The molecule has 0 radical (unpaired) electrons. The minimum atomic E-state index is 0.264. The number of aromatic amines is 1. The quantitative estimate of drug-likeness (QED) is 0.705. The molecule has 2 N–H and O–H groups in total. The van der Waals surface area contributed by atoms with Gasteiger partial charge in [0.05, 0.1) is 12.9 Å². The number of hydrogen-bond acceptors (Lipinski definition) is 4. The minimum Gasteiger partial charge on any atom is -0.395 e. The van der Waals surface area contributed by atoms with E-state index >= 15 is 0 Å². The summed E-state index contributed by atoms with van der Waals surface area (Å²) in [5.41, 5.74) is 1.17. The SMILES string of the molecule is OCCN1CCN(Cc2cnc[nH]2)CC1. The molecule has 0 unspecified atom stereocenters. The van der Waals surface area contributed by atoms with Crippen LogP contribution in [0.15, 0.2) is 12.5 Å². The Morgan fingerprint density at radius 1 is 1.27 bits per heavy atom. The summed E-state index contributed by atoms with van der Waals surface area (Å²) in [7, 11) is 0. The molecule has 0 bridgehead atoms. The van der Waals surface area contributed by atoms with Crippen molar-refractivity contribution in [3.63, 3.8) is 0 Å². The van der Waals surface area contributed by atoms with Crippen molar-refractivity contribution in [2.45, 2.75) is 6.54 Å². The lowest BCUT2D eigenvalue weighted by Crippen LogP contribution is -2.46. The second kappa shape index (κ2) is 5.25. The Balaban J connectivity index is 1.74. The first-order valence-electron chi connectivity index (χ1n) is 5.41. The van der Waals surface area contributed by atoms with Crippen LogP contribution in [0.4, 0.5) is 0 Å². The Hall–Kier alpha value is -0.910. The lowest BCUT2D eigenvalue weighted by atomic mass is 10.3. The van der Waals surface area contributed by atoms with E-state index in [1.54, 1.807) is 6.33 Å². The van der Waals surface area contributed by atoms with Gasteiger partial charge in [-0.3, -0.25) is 9.80 Å². The Morgan fingerprint density at radius 2 is 2.00 bits per heavy atom. The molecule has 15 heavy (non-hydrogen) atoms. The van der Waals surface area contributed by atoms with Crippen molar-refractivity contribution in [1.82, 2.24) is 19.8 Å². The maximum Gasteiger partial charge on any atom is 0.0922 e. The van der Waals surface area contributed by atoms with Crippen LogP contribution in [0.5, 0.6) is 0 Å². The Morgan fingerprint density at radius 3 is 2.60 bits per heavy atom. The van der Waals surface area contributed by atoms with Gasteiger partial charge in [-0.2, -0.15) is 0 Å². The Kier molecular flexibility index (Phi) is 3.71. The molecule has 1 aromatic heterocycles. The fourth-order valence-corrected chi connectivity index (χ4v) is 1.92. The summed E-state index contributed by atoms with van der Waals surface area (Å²) in [5, 5.41) is 8.82. The molecule has 2 heterocycles. The zero-order valence-corrected chi connectivity index (χ0v) is 8.89. The highest BCUT2D eigenvalue weighted by Crippen LogP contribution is 2.05. The van der Waals surface area contributed by atoms with Crippen molar-refractivity contribution >= 4 is 0 Å². The molecule has 1 aliphatic heterocycles. The lowest BCUT2D eigenvalue weighted by Gasteiger charge is -2.33. The van der Waals surface area contributed by atoms with Gasteiger partial charge in [-0.25, -0.2) is 4.98 Å². The van der Waals surface area contributed by atoms with Gasteiger partial charge in [0.1, 0.15) is 0 Å². The summed E-state index contributed by atoms with van der Waals surface area (Å²) >= 11 is 0. The number of rotatable bonds is 4. The molecule has 0 saturated carbocycles. The predicted octanol–water partition coefficient (Wildman–Crippen LogP) is -0.480. The van der Waals surface area contributed by atoms with Gasteiger partial charge in [0.25, 0.3) is 0 Å². The number of aliphatic hydroxyl groups is 1. The van der Waals surface area contributed by atoms with Gasteiger partial charge in [0, 0.05) is 51.2 Å². The van der Waals surface area contributed by atoms with E-state index in [1.165, 1.54) is 5.69 Å². The van der Waals surface area contributed by atoms with Crippen molar-refractivity contribution in [3.8, 4) is 0 Å². The highest BCUT2D eigenvalue weighted by molar-refractivity contribution is 4.94. The maximum absolute atomic E-state index is 8.82. The molecule has 2 rings (SSSR count). The van der Waals surface area contributed by atoms with Crippen molar-refractivity contribution < 1.29 is 5.11 Å². The minimum absolute atomic E-state index is 0.264. The Labute approximate surface area is 89.7 Å². The van der Waals surface area contributed by atoms with Crippen LogP contribution in [-0.4, -0.2) is 64.2 Å². The average molecular weight is 210 g/mol. The van der Waals surface area contributed by atoms with Crippen molar-refractivity contribution in [2.75, 3.05) is 39.3 Å². The van der Waals surface area contributed by atoms with Gasteiger partial charge in [-0.1, -0.05) is 0 Å². The van der Waals surface area contributed by atoms with Crippen molar-refractivity contribution in [3.05, 3.63) is 18.2 Å². The molecule has 0 atom stereocenters. The highest BCUT2D eigenvalue weighted by Gasteiger charge is 2.16. The molecule has 0 amide bonds. The number of nitrogens with zero attached hydrogens (tertiary/aromatic N) is 3. The molecule has 0 spiro atoms. The van der Waals surface area contributed by atoms with Crippen LogP contribution in [0, 0.1) is 0 Å². The number of hydrogen-bond donors (Lipinski definition) is 2. The predicted molar refractivity (Wildman–Crippen MR) is 57.4 cm³/mol. The summed E-state index contributed by atoms with van der Waals surface area (Å²) < 4.78 is 0. The van der Waals surface area contributed by atoms with Crippen LogP contribution in [-0.2, 0) is 6.54 Å². The Bertz CT molecular complexity index is 267. The fourth-order valence-electron chi connectivity index (χ4n) is 1.92. The zero-order chi connectivity index (χ0) is 10.5. The van der Waals surface area contributed by atoms with Gasteiger partial charge in [0.15, 0.2) is 0 Å². The van der Waals surface area contributed by atoms with E-state index in [1.807, 2.05) is 6.20 Å². The van der Waals surface area contributed by atoms with E-state index in [0.29, 0.717) is 0 Å². The second-order valence-corrected chi connectivity index (χ2v) is 3.92. The zero-order valence-electron chi connectivity index (χ0n) is 8.89. The summed E-state index contributed by atoms with van der Waals surface area (Å²) in [6.45, 7) is 6.26. The summed E-state index contributed by atoms with van der Waals surface area (Å²) in [5.74, 6) is 0. The summed E-state index contributed by atoms with van der Waals surface area (Å²) in [4.78, 5) is 11.8. The normalized spacial score (nSPS) is 19.5. The molecule has 5 heteroatoms. The second-order valence-electron chi connectivity index (χ2n) is 3.92. The highest BCUT2D eigenvalue weighted by atomic mass is 16.3. The molecule has 1 saturated heterocycles. The van der Waals surface area contributed by atoms with E-state index in [4.69, 9.17) is 5.11 Å². The molecule has 1 aliphatic rings. The number of nitrogens with one attached hydrogen (secondary N) is 1. The van der Waals surface area contributed by atoms with Crippen LogP contribution in [0.25, 0.3) is 0 Å². The smallest absolute Gasteiger partial charge is 0.0922 e. The number of piperazine rings is 1. The van der Waals surface area contributed by atoms with E-state index in [9.17, 15) is 0 Å². The van der Waals surface area contributed by atoms with Gasteiger partial charge in [-0.15, -0.1) is 0 Å². The monoisotopic (exact) mass is 210 g/mol. The summed E-state index contributed by atoms with van der Waals surface area (Å²) in [6.07, 6.45) is 3.59. The van der Waals surface area contributed by atoms with Crippen molar-refractivity contribution in [2.24, 2.45) is 0 Å². The molecule has 1 fully saturated rings. The van der Waals surface area contributed by atoms with Crippen LogP contribution in [0.2, 0.25) is 0 Å². The number of H-pyrrole nitrogens is 1. The third-order valence-corrected chi connectivity index (χ3v) is 2.83. The first kappa shape index (κ1) is 10.6. The lowest BCUT2D eigenvalue weighted by molar-refractivity contribution is 0.108. The molecule has 5 nitrogen and oxygen atoms in total. The number of imidazole rings is 1. The van der Waals surface area contributed by atoms with Gasteiger partial charge < -0.3 is 10.1 Å². The fraction of sp³-hybridized carbons (Fsp3) is 0.700. The third kappa shape index (κ3) is 3.02. The number of β-amino-alcohol motifs (C(OH)–C–C–N with tert-alkyl or cyclic N) is 1. The van der Waals surface area contributed by atoms with E-state index < -0.39 is 0 Å². The van der Waals surface area contributed by atoms with Gasteiger partial charge in [-0.05, 0) is 0 Å². The molecular weight excluding hydrogens is 192 g/mol. The topological polar surface area (TPSA) is 55.4 Å².